The van der Waals surface area contributed by atoms with Crippen LogP contribution in [-0.4, -0.2) is 4.98 Å². The number of hydrogen-bond donors (Lipinski definition) is 0. The van der Waals surface area contributed by atoms with Crippen LogP contribution in [0.2, 0.25) is 0 Å². The molecule has 88 valence electrons. The van der Waals surface area contributed by atoms with Crippen LogP contribution in [0.15, 0.2) is 35.1 Å². The minimum absolute atomic E-state index is 0.848. The average Bonchev–Trinajstić information content (AvgIpc) is 2.29. The fourth-order valence-electron chi connectivity index (χ4n) is 1.67. The Kier molecular flexibility index (Phi) is 3.48. The Morgan fingerprint density at radius 1 is 1.06 bits per heavy atom. The highest BCUT2D eigenvalue weighted by molar-refractivity contribution is 9.10. The minimum Gasteiger partial charge on any atom is -0.457 e. The second-order valence-electron chi connectivity index (χ2n) is 4.11. The molecule has 0 saturated carbocycles. The third-order valence-electron chi connectivity index (χ3n) is 2.61. The lowest BCUT2D eigenvalue weighted by molar-refractivity contribution is 0.477. The Morgan fingerprint density at radius 3 is 2.29 bits per heavy atom. The molecule has 1 aromatic carbocycles. The first-order valence-corrected chi connectivity index (χ1v) is 6.22. The van der Waals surface area contributed by atoms with E-state index in [1.807, 2.05) is 25.1 Å². The maximum atomic E-state index is 5.86. The number of rotatable bonds is 2. The summed E-state index contributed by atoms with van der Waals surface area (Å²) in [4.78, 5) is 4.05. The van der Waals surface area contributed by atoms with E-state index in [0.717, 1.165) is 21.5 Å². The Morgan fingerprint density at radius 2 is 1.71 bits per heavy atom. The summed E-state index contributed by atoms with van der Waals surface area (Å²) >= 11 is 3.55. The largest absolute Gasteiger partial charge is 0.457 e. The van der Waals surface area contributed by atoms with Crippen molar-refractivity contribution in [2.45, 2.75) is 20.8 Å². The molecule has 0 aliphatic heterocycles. The van der Waals surface area contributed by atoms with Crippen LogP contribution in [0, 0.1) is 20.8 Å². The first-order valence-electron chi connectivity index (χ1n) is 5.43. The summed E-state index contributed by atoms with van der Waals surface area (Å²) in [5, 5.41) is 0. The number of benzene rings is 1. The van der Waals surface area contributed by atoms with Crippen molar-refractivity contribution in [3.63, 3.8) is 0 Å². The highest BCUT2D eigenvalue weighted by Crippen LogP contribution is 2.30. The Labute approximate surface area is 110 Å². The van der Waals surface area contributed by atoms with Gasteiger partial charge in [0, 0.05) is 22.4 Å². The van der Waals surface area contributed by atoms with Crippen LogP contribution in [0.5, 0.6) is 11.5 Å². The third-order valence-corrected chi connectivity index (χ3v) is 3.86. The van der Waals surface area contributed by atoms with Crippen LogP contribution in [0.1, 0.15) is 16.7 Å². The van der Waals surface area contributed by atoms with Crippen LogP contribution in [0.3, 0.4) is 0 Å². The van der Waals surface area contributed by atoms with E-state index < -0.39 is 0 Å². The van der Waals surface area contributed by atoms with E-state index in [9.17, 15) is 0 Å². The molecule has 2 aromatic rings. The first kappa shape index (κ1) is 12.1. The molecule has 0 fully saturated rings. The summed E-state index contributed by atoms with van der Waals surface area (Å²) in [6, 6.07) is 5.93. The molecule has 0 bridgehead atoms. The summed E-state index contributed by atoms with van der Waals surface area (Å²) < 4.78 is 7.00. The van der Waals surface area contributed by atoms with Crippen molar-refractivity contribution in [1.82, 2.24) is 4.98 Å². The van der Waals surface area contributed by atoms with Crippen molar-refractivity contribution < 1.29 is 4.74 Å². The molecule has 1 heterocycles. The monoisotopic (exact) mass is 291 g/mol. The zero-order valence-electron chi connectivity index (χ0n) is 10.1. The lowest BCUT2D eigenvalue weighted by Crippen LogP contribution is -1.90. The molecule has 0 N–H and O–H groups in total. The molecule has 0 amide bonds. The smallest absolute Gasteiger partial charge is 0.133 e. The Balaban J connectivity index is 2.34. The van der Waals surface area contributed by atoms with Gasteiger partial charge < -0.3 is 4.74 Å². The molecular formula is C14H14BrNO. The summed E-state index contributed by atoms with van der Waals surface area (Å²) in [5.41, 5.74) is 3.38. The molecule has 2 rings (SSSR count). The molecule has 1 aromatic heterocycles. The zero-order valence-corrected chi connectivity index (χ0v) is 11.7. The fraction of sp³-hybridized carbons (Fsp3) is 0.214. The van der Waals surface area contributed by atoms with Gasteiger partial charge in [-0.25, -0.2) is 0 Å². The van der Waals surface area contributed by atoms with Crippen molar-refractivity contribution in [2.24, 2.45) is 0 Å². The van der Waals surface area contributed by atoms with Crippen molar-refractivity contribution in [2.75, 3.05) is 0 Å². The maximum Gasteiger partial charge on any atom is 0.133 e. The van der Waals surface area contributed by atoms with E-state index >= 15 is 0 Å². The lowest BCUT2D eigenvalue weighted by atomic mass is 10.1. The van der Waals surface area contributed by atoms with E-state index in [2.05, 4.69) is 34.8 Å². The number of aryl methyl sites for hydroxylation is 3. The van der Waals surface area contributed by atoms with Gasteiger partial charge in [0.05, 0.1) is 0 Å². The van der Waals surface area contributed by atoms with Crippen molar-refractivity contribution >= 4 is 15.9 Å². The quantitative estimate of drug-likeness (QED) is 0.809. The molecule has 17 heavy (non-hydrogen) atoms. The number of nitrogens with zero attached hydrogens (tertiary/aromatic N) is 1. The van der Waals surface area contributed by atoms with Crippen LogP contribution >= 0.6 is 15.9 Å². The van der Waals surface area contributed by atoms with Crippen molar-refractivity contribution in [3.05, 3.63) is 51.8 Å². The van der Waals surface area contributed by atoms with E-state index in [1.54, 1.807) is 12.4 Å². The van der Waals surface area contributed by atoms with Crippen LogP contribution < -0.4 is 4.74 Å². The van der Waals surface area contributed by atoms with Crippen LogP contribution in [0.4, 0.5) is 0 Å². The van der Waals surface area contributed by atoms with Gasteiger partial charge in [0.25, 0.3) is 0 Å². The van der Waals surface area contributed by atoms with Crippen LogP contribution in [0.25, 0.3) is 0 Å². The molecule has 0 spiro atoms. The molecular weight excluding hydrogens is 278 g/mol. The molecule has 3 heteroatoms. The molecule has 0 aliphatic carbocycles. The van der Waals surface area contributed by atoms with Crippen molar-refractivity contribution in [3.8, 4) is 11.5 Å². The van der Waals surface area contributed by atoms with Gasteiger partial charge in [0.15, 0.2) is 0 Å². The third kappa shape index (κ3) is 2.67. The van der Waals surface area contributed by atoms with E-state index in [-0.39, 0.29) is 0 Å². The molecule has 0 unspecified atom stereocenters. The Hall–Kier alpha value is -1.35. The SMILES string of the molecule is Cc1cnccc1Oc1cc(C)c(Br)c(C)c1. The second-order valence-corrected chi connectivity index (χ2v) is 4.91. The number of pyridine rings is 1. The van der Waals surface area contributed by atoms with Gasteiger partial charge in [0.1, 0.15) is 11.5 Å². The molecule has 0 saturated heterocycles. The predicted molar refractivity (Wildman–Crippen MR) is 72.7 cm³/mol. The fourth-order valence-corrected chi connectivity index (χ4v) is 1.90. The molecule has 0 aliphatic rings. The van der Waals surface area contributed by atoms with Gasteiger partial charge in [0.2, 0.25) is 0 Å². The normalized spacial score (nSPS) is 10.4. The van der Waals surface area contributed by atoms with E-state index in [4.69, 9.17) is 4.74 Å². The highest BCUT2D eigenvalue weighted by atomic mass is 79.9. The maximum absolute atomic E-state index is 5.86. The van der Waals surface area contributed by atoms with Gasteiger partial charge in [-0.05, 0) is 50.1 Å². The standard InChI is InChI=1S/C14H14BrNO/c1-9-6-12(7-10(2)14(9)15)17-13-4-5-16-8-11(13)3/h4-8H,1-3H3. The molecule has 0 atom stereocenters. The Bertz CT molecular complexity index is 529. The number of hydrogen-bond acceptors (Lipinski definition) is 2. The van der Waals surface area contributed by atoms with Crippen LogP contribution in [-0.2, 0) is 0 Å². The van der Waals surface area contributed by atoms with Gasteiger partial charge in [-0.1, -0.05) is 15.9 Å². The summed E-state index contributed by atoms with van der Waals surface area (Å²) in [6.45, 7) is 6.10. The topological polar surface area (TPSA) is 22.1 Å². The summed E-state index contributed by atoms with van der Waals surface area (Å²) in [6.07, 6.45) is 3.54. The van der Waals surface area contributed by atoms with Gasteiger partial charge >= 0.3 is 0 Å². The van der Waals surface area contributed by atoms with Gasteiger partial charge in [-0.3, -0.25) is 4.98 Å². The van der Waals surface area contributed by atoms with Gasteiger partial charge in [-0.15, -0.1) is 0 Å². The van der Waals surface area contributed by atoms with Gasteiger partial charge in [-0.2, -0.15) is 0 Å². The van der Waals surface area contributed by atoms with E-state index in [0.29, 0.717) is 0 Å². The van der Waals surface area contributed by atoms with E-state index in [1.165, 1.54) is 11.1 Å². The number of halogens is 1. The molecule has 0 radical (unpaired) electrons. The lowest BCUT2D eigenvalue weighted by Gasteiger charge is -2.11. The average molecular weight is 292 g/mol. The highest BCUT2D eigenvalue weighted by Gasteiger charge is 2.05. The number of aromatic nitrogens is 1. The summed E-state index contributed by atoms with van der Waals surface area (Å²) in [7, 11) is 0. The first-order chi connectivity index (χ1) is 8.08. The number of ether oxygens (including phenoxy) is 1. The summed E-state index contributed by atoms with van der Waals surface area (Å²) in [5.74, 6) is 1.71. The minimum atomic E-state index is 0.848. The second kappa shape index (κ2) is 4.88. The molecule has 2 nitrogen and oxygen atoms in total. The van der Waals surface area contributed by atoms with Crippen molar-refractivity contribution in [1.29, 1.82) is 0 Å². The predicted octanol–water partition coefficient (Wildman–Crippen LogP) is 4.56. The zero-order chi connectivity index (χ0) is 12.4.